The van der Waals surface area contributed by atoms with Gasteiger partial charge in [0, 0.05) is 24.7 Å². The van der Waals surface area contributed by atoms with Crippen molar-refractivity contribution in [2.75, 3.05) is 24.9 Å². The molecule has 0 unspecified atom stereocenters. The predicted octanol–water partition coefficient (Wildman–Crippen LogP) is 5.61. The summed E-state index contributed by atoms with van der Waals surface area (Å²) in [6.45, 7) is 1.76. The SMILES string of the molecule is CN1CC[C@@H](Oc2cc(NS(=O)(=O)c3cc(-c4ccccc4)c(Cl)s3)ccc2Cl)C1. The summed E-state index contributed by atoms with van der Waals surface area (Å²) >= 11 is 13.6. The third-order valence-corrected chi connectivity index (χ3v) is 8.36. The van der Waals surface area contributed by atoms with E-state index in [0.717, 1.165) is 36.4 Å². The lowest BCUT2D eigenvalue weighted by molar-refractivity contribution is 0.208. The highest BCUT2D eigenvalue weighted by atomic mass is 35.5. The van der Waals surface area contributed by atoms with E-state index in [0.29, 0.717) is 26.4 Å². The molecule has 0 saturated carbocycles. The van der Waals surface area contributed by atoms with Crippen LogP contribution in [0.15, 0.2) is 58.8 Å². The molecule has 0 amide bonds. The number of ether oxygens (including phenoxy) is 1. The van der Waals surface area contributed by atoms with E-state index < -0.39 is 10.0 Å². The average Bonchev–Trinajstić information content (AvgIpc) is 3.31. The highest BCUT2D eigenvalue weighted by Crippen LogP contribution is 2.39. The van der Waals surface area contributed by atoms with Crippen molar-refractivity contribution in [3.8, 4) is 16.9 Å². The smallest absolute Gasteiger partial charge is 0.271 e. The fourth-order valence-corrected chi connectivity index (χ4v) is 6.30. The molecule has 3 aromatic rings. The van der Waals surface area contributed by atoms with E-state index in [1.807, 2.05) is 37.4 Å². The summed E-state index contributed by atoms with van der Waals surface area (Å²) in [5, 5.41) is 0.443. The van der Waals surface area contributed by atoms with Crippen molar-refractivity contribution >= 4 is 50.2 Å². The summed E-state index contributed by atoms with van der Waals surface area (Å²) in [5.41, 5.74) is 1.93. The van der Waals surface area contributed by atoms with Crippen LogP contribution in [0.2, 0.25) is 9.36 Å². The molecule has 30 heavy (non-hydrogen) atoms. The van der Waals surface area contributed by atoms with Gasteiger partial charge in [0.2, 0.25) is 0 Å². The molecule has 0 spiro atoms. The van der Waals surface area contributed by atoms with Crippen molar-refractivity contribution in [2.45, 2.75) is 16.7 Å². The molecule has 2 heterocycles. The Balaban J connectivity index is 1.56. The zero-order valence-corrected chi connectivity index (χ0v) is 19.3. The van der Waals surface area contributed by atoms with Crippen LogP contribution in [-0.2, 0) is 10.0 Å². The third kappa shape index (κ3) is 4.76. The second-order valence-corrected chi connectivity index (χ2v) is 11.1. The zero-order valence-electron chi connectivity index (χ0n) is 16.1. The summed E-state index contributed by atoms with van der Waals surface area (Å²) in [6, 6.07) is 15.9. The normalized spacial score (nSPS) is 17.2. The van der Waals surface area contributed by atoms with E-state index in [1.165, 1.54) is 0 Å². The highest BCUT2D eigenvalue weighted by Gasteiger charge is 2.23. The van der Waals surface area contributed by atoms with E-state index in [1.54, 1.807) is 24.3 Å². The Labute approximate surface area is 190 Å². The van der Waals surface area contributed by atoms with Gasteiger partial charge in [0.1, 0.15) is 20.4 Å². The molecule has 4 rings (SSSR count). The van der Waals surface area contributed by atoms with Crippen LogP contribution in [0, 0.1) is 0 Å². The lowest BCUT2D eigenvalue weighted by Gasteiger charge is -2.16. The van der Waals surface area contributed by atoms with Crippen LogP contribution in [0.5, 0.6) is 5.75 Å². The topological polar surface area (TPSA) is 58.6 Å². The second kappa shape index (κ2) is 8.77. The summed E-state index contributed by atoms with van der Waals surface area (Å²) in [5.74, 6) is 0.464. The molecule has 9 heteroatoms. The number of nitrogens with one attached hydrogen (secondary N) is 1. The van der Waals surface area contributed by atoms with Gasteiger partial charge in [-0.25, -0.2) is 8.42 Å². The van der Waals surface area contributed by atoms with Crippen molar-refractivity contribution < 1.29 is 13.2 Å². The van der Waals surface area contributed by atoms with Gasteiger partial charge in [-0.3, -0.25) is 4.72 Å². The average molecular weight is 483 g/mol. The van der Waals surface area contributed by atoms with Crippen LogP contribution in [-0.4, -0.2) is 39.6 Å². The minimum Gasteiger partial charge on any atom is -0.487 e. The van der Waals surface area contributed by atoms with Gasteiger partial charge in [0.05, 0.1) is 10.7 Å². The standard InChI is InChI=1S/C21H20Cl2N2O3S2/c1-25-10-9-16(13-25)28-19-11-15(7-8-18(19)22)24-30(26,27)20-12-17(21(23)29-20)14-5-3-2-4-6-14/h2-8,11-12,16,24H,9-10,13H2,1H3/t16-/m1/s1. The number of hydrogen-bond donors (Lipinski definition) is 1. The number of thiophene rings is 1. The van der Waals surface area contributed by atoms with Crippen LogP contribution < -0.4 is 9.46 Å². The van der Waals surface area contributed by atoms with E-state index in [2.05, 4.69) is 9.62 Å². The molecular weight excluding hydrogens is 463 g/mol. The molecule has 1 N–H and O–H groups in total. The van der Waals surface area contributed by atoms with Gasteiger partial charge in [-0.1, -0.05) is 53.5 Å². The summed E-state index contributed by atoms with van der Waals surface area (Å²) < 4.78 is 35.0. The maximum Gasteiger partial charge on any atom is 0.271 e. The maximum absolute atomic E-state index is 12.9. The number of halogens is 2. The molecule has 1 fully saturated rings. The van der Waals surface area contributed by atoms with Crippen molar-refractivity contribution in [1.82, 2.24) is 4.90 Å². The van der Waals surface area contributed by atoms with E-state index in [4.69, 9.17) is 27.9 Å². The predicted molar refractivity (Wildman–Crippen MR) is 124 cm³/mol. The number of likely N-dealkylation sites (N-methyl/N-ethyl adjacent to an activating group) is 1. The molecule has 158 valence electrons. The van der Waals surface area contributed by atoms with Gasteiger partial charge in [-0.05, 0) is 37.2 Å². The number of sulfonamides is 1. The minimum absolute atomic E-state index is 0.0314. The fourth-order valence-electron chi connectivity index (χ4n) is 3.33. The molecule has 1 atom stereocenters. The molecule has 0 radical (unpaired) electrons. The van der Waals surface area contributed by atoms with E-state index in [-0.39, 0.29) is 10.3 Å². The Morgan fingerprint density at radius 2 is 1.90 bits per heavy atom. The van der Waals surface area contributed by atoms with Crippen molar-refractivity contribution in [3.05, 3.63) is 64.0 Å². The van der Waals surface area contributed by atoms with Gasteiger partial charge < -0.3 is 9.64 Å². The van der Waals surface area contributed by atoms with E-state index in [9.17, 15) is 8.42 Å². The first-order valence-corrected chi connectivity index (χ1v) is 12.4. The van der Waals surface area contributed by atoms with Gasteiger partial charge in [-0.15, -0.1) is 11.3 Å². The Bertz CT molecular complexity index is 1150. The highest BCUT2D eigenvalue weighted by molar-refractivity contribution is 7.94. The molecule has 2 aromatic carbocycles. The fraction of sp³-hybridized carbons (Fsp3) is 0.238. The largest absolute Gasteiger partial charge is 0.487 e. The Morgan fingerprint density at radius 3 is 2.60 bits per heavy atom. The number of likely N-dealkylation sites (tertiary alicyclic amines) is 1. The number of anilines is 1. The van der Waals surface area contributed by atoms with Gasteiger partial charge in [-0.2, -0.15) is 0 Å². The van der Waals surface area contributed by atoms with Gasteiger partial charge in [0.25, 0.3) is 10.0 Å². The molecule has 0 bridgehead atoms. The number of nitrogens with zero attached hydrogens (tertiary/aromatic N) is 1. The van der Waals surface area contributed by atoms with E-state index >= 15 is 0 Å². The van der Waals surface area contributed by atoms with Gasteiger partial charge in [0.15, 0.2) is 0 Å². The van der Waals surface area contributed by atoms with Crippen molar-refractivity contribution in [1.29, 1.82) is 0 Å². The number of rotatable bonds is 6. The Kier molecular flexibility index (Phi) is 6.27. The number of benzene rings is 2. The van der Waals surface area contributed by atoms with Crippen LogP contribution >= 0.6 is 34.5 Å². The minimum atomic E-state index is -3.81. The molecule has 5 nitrogen and oxygen atoms in total. The molecule has 1 saturated heterocycles. The van der Waals surface area contributed by atoms with Crippen molar-refractivity contribution in [3.63, 3.8) is 0 Å². The third-order valence-electron chi connectivity index (χ3n) is 4.84. The van der Waals surface area contributed by atoms with Crippen LogP contribution in [0.3, 0.4) is 0 Å². The first kappa shape index (κ1) is 21.5. The molecule has 1 aliphatic heterocycles. The monoisotopic (exact) mass is 482 g/mol. The quantitative estimate of drug-likeness (QED) is 0.496. The number of hydrogen-bond acceptors (Lipinski definition) is 5. The zero-order chi connectivity index (χ0) is 21.3. The van der Waals surface area contributed by atoms with Crippen LogP contribution in [0.4, 0.5) is 5.69 Å². The molecule has 0 aliphatic carbocycles. The molecular formula is C21H20Cl2N2O3S2. The summed E-state index contributed by atoms with van der Waals surface area (Å²) in [6.07, 6.45) is 0.933. The second-order valence-electron chi connectivity index (χ2n) is 7.16. The summed E-state index contributed by atoms with van der Waals surface area (Å²) in [7, 11) is -1.78. The Morgan fingerprint density at radius 1 is 1.13 bits per heavy atom. The first-order valence-electron chi connectivity index (χ1n) is 9.34. The molecule has 1 aromatic heterocycles. The lowest BCUT2D eigenvalue weighted by Crippen LogP contribution is -2.21. The molecule has 1 aliphatic rings. The van der Waals surface area contributed by atoms with Crippen LogP contribution in [0.1, 0.15) is 6.42 Å². The first-order chi connectivity index (χ1) is 14.3. The van der Waals surface area contributed by atoms with Crippen molar-refractivity contribution in [2.24, 2.45) is 0 Å². The lowest BCUT2D eigenvalue weighted by atomic mass is 10.1. The van der Waals surface area contributed by atoms with Crippen LogP contribution in [0.25, 0.3) is 11.1 Å². The van der Waals surface area contributed by atoms with Gasteiger partial charge >= 0.3 is 0 Å². The Hall–Kier alpha value is -1.77. The maximum atomic E-state index is 12.9. The summed E-state index contributed by atoms with van der Waals surface area (Å²) in [4.78, 5) is 2.18.